The highest BCUT2D eigenvalue weighted by Gasteiger charge is 2.67. The third kappa shape index (κ3) is 1.48. The fourth-order valence-electron chi connectivity index (χ4n) is 5.65. The standard InChI is InChI=1S/C18H23NO4/c1-19-8-7-17-11-3-4-13(20)15(17)23-16-14(17)10(9-12(11)19)5-6-18(16,21)22-2/h3-5,11-13,15,20-21H,6-9H2,1-2H3/t11-,12+,13-,15-,17-,18?/m0/s1. The first kappa shape index (κ1) is 14.2. The Kier molecular flexibility index (Phi) is 2.65. The van der Waals surface area contributed by atoms with Crippen LogP contribution in [0, 0.1) is 11.3 Å². The number of aliphatic hydroxyl groups is 2. The zero-order chi connectivity index (χ0) is 16.0. The van der Waals surface area contributed by atoms with E-state index < -0.39 is 11.9 Å². The molecule has 5 nitrogen and oxygen atoms in total. The predicted octanol–water partition coefficient (Wildman–Crippen LogP) is 0.946. The average Bonchev–Trinajstić information content (AvgIpc) is 2.91. The van der Waals surface area contributed by atoms with Gasteiger partial charge in [0, 0.05) is 36.5 Å². The fourth-order valence-corrected chi connectivity index (χ4v) is 5.65. The van der Waals surface area contributed by atoms with Gasteiger partial charge in [-0.2, -0.15) is 0 Å². The van der Waals surface area contributed by atoms with Crippen LogP contribution in [0.25, 0.3) is 0 Å². The van der Waals surface area contributed by atoms with Gasteiger partial charge in [-0.15, -0.1) is 0 Å². The molecule has 6 atom stereocenters. The van der Waals surface area contributed by atoms with E-state index in [0.29, 0.717) is 24.1 Å². The maximum absolute atomic E-state index is 10.9. The molecule has 124 valence electrons. The van der Waals surface area contributed by atoms with Gasteiger partial charge in [-0.3, -0.25) is 0 Å². The topological polar surface area (TPSA) is 62.2 Å². The molecule has 0 amide bonds. The molecule has 0 aromatic rings. The van der Waals surface area contributed by atoms with E-state index >= 15 is 0 Å². The molecule has 0 radical (unpaired) electrons. The van der Waals surface area contributed by atoms with Crippen molar-refractivity contribution in [2.24, 2.45) is 11.3 Å². The quantitative estimate of drug-likeness (QED) is 0.557. The van der Waals surface area contributed by atoms with Gasteiger partial charge in [-0.05, 0) is 32.0 Å². The summed E-state index contributed by atoms with van der Waals surface area (Å²) >= 11 is 0. The number of nitrogens with zero attached hydrogens (tertiary/aromatic N) is 1. The lowest BCUT2D eigenvalue weighted by Gasteiger charge is -2.58. The first-order chi connectivity index (χ1) is 11.0. The third-order valence-corrected chi connectivity index (χ3v) is 6.79. The number of likely N-dealkylation sites (tertiary alicyclic amines) is 1. The van der Waals surface area contributed by atoms with Gasteiger partial charge in [0.1, 0.15) is 12.2 Å². The van der Waals surface area contributed by atoms with Gasteiger partial charge >= 0.3 is 0 Å². The molecular formula is C18H23NO4. The zero-order valence-electron chi connectivity index (χ0n) is 13.5. The summed E-state index contributed by atoms with van der Waals surface area (Å²) in [5.74, 6) is -0.525. The van der Waals surface area contributed by atoms with Crippen molar-refractivity contribution in [2.75, 3.05) is 20.7 Å². The lowest BCUT2D eigenvalue weighted by Crippen LogP contribution is -2.62. The molecule has 5 rings (SSSR count). The summed E-state index contributed by atoms with van der Waals surface area (Å²) in [7, 11) is 3.70. The van der Waals surface area contributed by atoms with Crippen molar-refractivity contribution < 1.29 is 19.7 Å². The lowest BCUT2D eigenvalue weighted by molar-refractivity contribution is -0.190. The number of hydrogen-bond donors (Lipinski definition) is 2. The van der Waals surface area contributed by atoms with Crippen molar-refractivity contribution in [3.8, 4) is 0 Å². The van der Waals surface area contributed by atoms with E-state index in [1.807, 2.05) is 6.08 Å². The molecule has 5 aliphatic rings. The Balaban J connectivity index is 1.76. The number of ether oxygens (including phenoxy) is 2. The molecule has 2 N–H and O–H groups in total. The molecular weight excluding hydrogens is 294 g/mol. The van der Waals surface area contributed by atoms with E-state index in [1.54, 1.807) is 0 Å². The van der Waals surface area contributed by atoms with Crippen LogP contribution in [0.2, 0.25) is 0 Å². The molecule has 0 aromatic heterocycles. The summed E-state index contributed by atoms with van der Waals surface area (Å²) in [6.07, 6.45) is 7.53. The van der Waals surface area contributed by atoms with Crippen molar-refractivity contribution in [1.82, 2.24) is 4.90 Å². The van der Waals surface area contributed by atoms with E-state index in [2.05, 4.69) is 24.1 Å². The third-order valence-electron chi connectivity index (χ3n) is 6.79. The Labute approximate surface area is 135 Å². The number of rotatable bonds is 1. The number of aliphatic hydroxyl groups excluding tert-OH is 1. The van der Waals surface area contributed by atoms with Crippen molar-refractivity contribution >= 4 is 0 Å². The first-order valence-electron chi connectivity index (χ1n) is 8.47. The monoisotopic (exact) mass is 317 g/mol. The molecule has 1 unspecified atom stereocenters. The molecule has 2 heterocycles. The van der Waals surface area contributed by atoms with E-state index in [9.17, 15) is 10.2 Å². The summed E-state index contributed by atoms with van der Waals surface area (Å²) in [5, 5.41) is 21.5. The Morgan fingerprint density at radius 1 is 1.39 bits per heavy atom. The predicted molar refractivity (Wildman–Crippen MR) is 83.3 cm³/mol. The van der Waals surface area contributed by atoms with Gasteiger partial charge in [0.25, 0.3) is 0 Å². The van der Waals surface area contributed by atoms with Gasteiger partial charge in [-0.25, -0.2) is 0 Å². The smallest absolute Gasteiger partial charge is 0.228 e. The van der Waals surface area contributed by atoms with Crippen molar-refractivity contribution in [2.45, 2.75) is 43.3 Å². The second kappa shape index (κ2) is 4.28. The largest absolute Gasteiger partial charge is 0.485 e. The summed E-state index contributed by atoms with van der Waals surface area (Å²) in [6, 6.07) is 0.432. The van der Waals surface area contributed by atoms with Gasteiger partial charge in [-0.1, -0.05) is 18.2 Å². The van der Waals surface area contributed by atoms with Crippen molar-refractivity contribution in [3.63, 3.8) is 0 Å². The molecule has 23 heavy (non-hydrogen) atoms. The Bertz CT molecular complexity index is 668. The summed E-state index contributed by atoms with van der Waals surface area (Å²) in [6.45, 7) is 0.983. The summed E-state index contributed by atoms with van der Waals surface area (Å²) in [4.78, 5) is 2.43. The number of piperidine rings is 1. The van der Waals surface area contributed by atoms with Crippen LogP contribution in [0.15, 0.2) is 35.1 Å². The summed E-state index contributed by atoms with van der Waals surface area (Å²) < 4.78 is 11.6. The Morgan fingerprint density at radius 3 is 3.00 bits per heavy atom. The summed E-state index contributed by atoms with van der Waals surface area (Å²) in [5.41, 5.74) is 2.17. The SMILES string of the molecule is COC1(O)CC=C2C[C@@H]3[C@@H]4C=C[C@H](O)[C@@H]5OC1=C2[C@]45CCN3C. The van der Waals surface area contributed by atoms with E-state index in [0.717, 1.165) is 25.0 Å². The maximum atomic E-state index is 10.9. The number of hydrogen-bond acceptors (Lipinski definition) is 5. The van der Waals surface area contributed by atoms with Crippen LogP contribution < -0.4 is 0 Å². The lowest BCUT2D eigenvalue weighted by atomic mass is 9.51. The van der Waals surface area contributed by atoms with Gasteiger partial charge in [0.05, 0.1) is 0 Å². The molecule has 2 bridgehead atoms. The molecule has 1 saturated carbocycles. The highest BCUT2D eigenvalue weighted by molar-refractivity contribution is 5.54. The maximum Gasteiger partial charge on any atom is 0.228 e. The van der Waals surface area contributed by atoms with E-state index in [-0.39, 0.29) is 11.5 Å². The second-order valence-corrected chi connectivity index (χ2v) is 7.61. The highest BCUT2D eigenvalue weighted by atomic mass is 16.6. The molecule has 2 aliphatic heterocycles. The minimum absolute atomic E-state index is 0.225. The molecule has 5 heteroatoms. The molecule has 0 aromatic carbocycles. The van der Waals surface area contributed by atoms with Gasteiger partial charge in [0.15, 0.2) is 5.76 Å². The normalized spacial score (nSPS) is 50.5. The zero-order valence-corrected chi connectivity index (χ0v) is 13.5. The molecule has 1 saturated heterocycles. The van der Waals surface area contributed by atoms with Crippen LogP contribution in [-0.2, 0) is 9.47 Å². The van der Waals surface area contributed by atoms with E-state index in [1.165, 1.54) is 12.7 Å². The van der Waals surface area contributed by atoms with Gasteiger partial charge < -0.3 is 24.6 Å². The fraction of sp³-hybridized carbons (Fsp3) is 0.667. The van der Waals surface area contributed by atoms with Crippen LogP contribution in [0.4, 0.5) is 0 Å². The van der Waals surface area contributed by atoms with Crippen LogP contribution in [0.3, 0.4) is 0 Å². The van der Waals surface area contributed by atoms with E-state index in [4.69, 9.17) is 9.47 Å². The van der Waals surface area contributed by atoms with Crippen LogP contribution in [0.1, 0.15) is 19.3 Å². The number of methoxy groups -OCH3 is 1. The van der Waals surface area contributed by atoms with Crippen molar-refractivity contribution in [1.29, 1.82) is 0 Å². The molecule has 2 fully saturated rings. The first-order valence-corrected chi connectivity index (χ1v) is 8.47. The molecule has 3 aliphatic carbocycles. The Hall–Kier alpha value is -1.14. The van der Waals surface area contributed by atoms with Gasteiger partial charge in [0.2, 0.25) is 5.79 Å². The Morgan fingerprint density at radius 2 is 2.22 bits per heavy atom. The minimum Gasteiger partial charge on any atom is -0.485 e. The van der Waals surface area contributed by atoms with Crippen LogP contribution in [0.5, 0.6) is 0 Å². The molecule has 1 spiro atoms. The minimum atomic E-state index is -1.40. The van der Waals surface area contributed by atoms with Crippen LogP contribution >= 0.6 is 0 Å². The highest BCUT2D eigenvalue weighted by Crippen LogP contribution is 2.65. The van der Waals surface area contributed by atoms with Crippen LogP contribution in [-0.4, -0.2) is 59.9 Å². The average molecular weight is 317 g/mol. The van der Waals surface area contributed by atoms with Crippen molar-refractivity contribution in [3.05, 3.63) is 35.1 Å². The second-order valence-electron chi connectivity index (χ2n) is 7.61.